The van der Waals surface area contributed by atoms with Crippen molar-refractivity contribution in [3.05, 3.63) is 41.2 Å². The van der Waals surface area contributed by atoms with Gasteiger partial charge in [-0.25, -0.2) is 9.48 Å². The van der Waals surface area contributed by atoms with E-state index in [1.165, 1.54) is 4.90 Å². The number of carbonyl (C=O) groups excluding carboxylic acids is 3. The number of nitrogens with one attached hydrogen (secondary N) is 2. The number of hydrogen-bond donors (Lipinski definition) is 3. The van der Waals surface area contributed by atoms with Crippen LogP contribution in [0.1, 0.15) is 47.4 Å². The lowest BCUT2D eigenvalue weighted by Crippen LogP contribution is -2.52. The van der Waals surface area contributed by atoms with Gasteiger partial charge in [0.2, 0.25) is 11.8 Å². The molecule has 0 bridgehead atoms. The topological polar surface area (TPSA) is 147 Å². The van der Waals surface area contributed by atoms with Crippen LogP contribution in [0, 0.1) is 0 Å². The fourth-order valence-corrected chi connectivity index (χ4v) is 3.43. The van der Waals surface area contributed by atoms with Gasteiger partial charge in [-0.2, -0.15) is 13.2 Å². The number of piperidine rings is 1. The highest BCUT2D eigenvalue weighted by Gasteiger charge is 2.39. The zero-order valence-corrected chi connectivity index (χ0v) is 18.1. The molecule has 2 aromatic rings. The summed E-state index contributed by atoms with van der Waals surface area (Å²) in [5, 5.41) is 20.8. The van der Waals surface area contributed by atoms with Crippen LogP contribution in [-0.2, 0) is 20.9 Å². The number of aromatic nitrogens is 3. The molecular weight excluding hydrogens is 461 g/mol. The second kappa shape index (κ2) is 9.59. The van der Waals surface area contributed by atoms with Crippen molar-refractivity contribution < 1.29 is 37.5 Å². The Hall–Kier alpha value is -3.81. The van der Waals surface area contributed by atoms with Crippen LogP contribution < -0.4 is 10.6 Å². The van der Waals surface area contributed by atoms with E-state index < -0.39 is 24.1 Å². The molecule has 14 heteroatoms. The number of carboxylic acid groups (broad SMARTS) is 1. The first-order valence-corrected chi connectivity index (χ1v) is 10.1. The standard InChI is InChI=1S/C18H20N6O3.C2HF3O2/c1-10(19-2)14-9-24(22-21-14)12-4-3-11-8-23(18(27)13(11)7-12)15-5-6-16(25)20-17(15)26;3-2(4,5)1(6)7/h3-4,7,9-10,15,19H,5-6,8H2,1-2H3,(H,20,25,26);(H,6,7). The molecule has 34 heavy (non-hydrogen) atoms. The summed E-state index contributed by atoms with van der Waals surface area (Å²) >= 11 is 0. The lowest BCUT2D eigenvalue weighted by atomic mass is 10.0. The summed E-state index contributed by atoms with van der Waals surface area (Å²) in [6.45, 7) is 2.35. The van der Waals surface area contributed by atoms with E-state index in [9.17, 15) is 27.6 Å². The van der Waals surface area contributed by atoms with E-state index in [1.54, 1.807) is 10.7 Å². The minimum Gasteiger partial charge on any atom is -0.475 e. The number of amides is 3. The van der Waals surface area contributed by atoms with E-state index >= 15 is 0 Å². The molecule has 1 fully saturated rings. The Morgan fingerprint density at radius 2 is 1.97 bits per heavy atom. The zero-order valence-electron chi connectivity index (χ0n) is 18.1. The number of carbonyl (C=O) groups is 4. The van der Waals surface area contributed by atoms with Crippen LogP contribution >= 0.6 is 0 Å². The van der Waals surface area contributed by atoms with Gasteiger partial charge in [-0.3, -0.25) is 19.7 Å². The monoisotopic (exact) mass is 482 g/mol. The molecule has 0 saturated carbocycles. The van der Waals surface area contributed by atoms with Crippen LogP contribution in [0.25, 0.3) is 5.69 Å². The average Bonchev–Trinajstić information content (AvgIpc) is 3.38. The van der Waals surface area contributed by atoms with Crippen LogP contribution in [0.4, 0.5) is 13.2 Å². The van der Waals surface area contributed by atoms with Crippen LogP contribution in [0.15, 0.2) is 24.4 Å². The van der Waals surface area contributed by atoms with Gasteiger partial charge in [0.25, 0.3) is 5.91 Å². The first kappa shape index (κ1) is 24.8. The van der Waals surface area contributed by atoms with Crippen molar-refractivity contribution in [2.75, 3.05) is 7.05 Å². The molecule has 2 atom stereocenters. The molecule has 4 rings (SSSR count). The quantitative estimate of drug-likeness (QED) is 0.546. The highest BCUT2D eigenvalue weighted by atomic mass is 19.4. The summed E-state index contributed by atoms with van der Waals surface area (Å²) in [7, 11) is 1.85. The van der Waals surface area contributed by atoms with Crippen LogP contribution in [-0.4, -0.2) is 68.0 Å². The van der Waals surface area contributed by atoms with E-state index in [0.29, 0.717) is 18.5 Å². The zero-order chi connectivity index (χ0) is 25.2. The first-order valence-electron chi connectivity index (χ1n) is 10.1. The number of benzene rings is 1. The molecular formula is C20H21F3N6O5. The number of aliphatic carboxylic acids is 1. The predicted molar refractivity (Wildman–Crippen MR) is 109 cm³/mol. The Labute approximate surface area is 190 Å². The van der Waals surface area contributed by atoms with Crippen LogP contribution in [0.5, 0.6) is 0 Å². The third kappa shape index (κ3) is 5.22. The number of rotatable bonds is 4. The molecule has 1 saturated heterocycles. The number of nitrogens with zero attached hydrogens (tertiary/aromatic N) is 4. The molecule has 182 valence electrons. The maximum atomic E-state index is 12.9. The van der Waals surface area contributed by atoms with Crippen molar-refractivity contribution in [1.82, 2.24) is 30.5 Å². The molecule has 3 amide bonds. The summed E-state index contributed by atoms with van der Waals surface area (Å²) in [4.78, 5) is 46.8. The minimum absolute atomic E-state index is 0.0674. The average molecular weight is 482 g/mol. The molecule has 0 spiro atoms. The molecule has 0 radical (unpaired) electrons. The van der Waals surface area contributed by atoms with Crippen molar-refractivity contribution >= 4 is 23.7 Å². The summed E-state index contributed by atoms with van der Waals surface area (Å²) in [6.07, 6.45) is -2.67. The van der Waals surface area contributed by atoms with Gasteiger partial charge >= 0.3 is 12.1 Å². The third-order valence-electron chi connectivity index (χ3n) is 5.41. The van der Waals surface area contributed by atoms with E-state index in [4.69, 9.17) is 9.90 Å². The van der Waals surface area contributed by atoms with Crippen LogP contribution in [0.3, 0.4) is 0 Å². The molecule has 1 aromatic heterocycles. The van der Waals surface area contributed by atoms with Crippen LogP contribution in [0.2, 0.25) is 0 Å². The van der Waals surface area contributed by atoms with E-state index in [1.807, 2.05) is 32.3 Å². The third-order valence-corrected chi connectivity index (χ3v) is 5.41. The number of hydrogen-bond acceptors (Lipinski definition) is 7. The SMILES string of the molecule is CNC(C)c1cn(-c2ccc3c(c2)C(=O)N(C2CCC(=O)NC2=O)C3)nn1.O=C(O)C(F)(F)F. The molecule has 0 aliphatic carbocycles. The summed E-state index contributed by atoms with van der Waals surface area (Å²) in [6, 6.07) is 4.98. The van der Waals surface area contributed by atoms with Gasteiger partial charge in [-0.15, -0.1) is 5.10 Å². The minimum atomic E-state index is -5.08. The molecule has 1 aromatic carbocycles. The Balaban J connectivity index is 0.000000406. The Bertz CT molecular complexity index is 1130. The van der Waals surface area contributed by atoms with Gasteiger partial charge in [-0.05, 0) is 38.1 Å². The van der Waals surface area contributed by atoms with Gasteiger partial charge < -0.3 is 15.3 Å². The van der Waals surface area contributed by atoms with Gasteiger partial charge in [0.05, 0.1) is 17.6 Å². The van der Waals surface area contributed by atoms with Crippen molar-refractivity contribution in [1.29, 1.82) is 0 Å². The lowest BCUT2D eigenvalue weighted by Gasteiger charge is -2.29. The summed E-state index contributed by atoms with van der Waals surface area (Å²) in [5.74, 6) is -3.66. The molecule has 3 N–H and O–H groups in total. The Kier molecular flexibility index (Phi) is 7.00. The first-order chi connectivity index (χ1) is 15.9. The van der Waals surface area contributed by atoms with E-state index in [-0.39, 0.29) is 24.3 Å². The number of halogens is 3. The Morgan fingerprint density at radius 1 is 1.29 bits per heavy atom. The number of carboxylic acids is 1. The molecule has 2 aliphatic rings. The lowest BCUT2D eigenvalue weighted by molar-refractivity contribution is -0.192. The fraction of sp³-hybridized carbons (Fsp3) is 0.400. The Morgan fingerprint density at radius 3 is 2.56 bits per heavy atom. The fourth-order valence-electron chi connectivity index (χ4n) is 3.43. The normalized spacial score (nSPS) is 18.7. The number of fused-ring (bicyclic) bond motifs is 1. The van der Waals surface area contributed by atoms with Gasteiger partial charge in [0, 0.05) is 24.6 Å². The van der Waals surface area contributed by atoms with Crippen molar-refractivity contribution in [3.63, 3.8) is 0 Å². The smallest absolute Gasteiger partial charge is 0.475 e. The maximum absolute atomic E-state index is 12.9. The molecule has 3 heterocycles. The highest BCUT2D eigenvalue weighted by Crippen LogP contribution is 2.29. The number of imide groups is 1. The highest BCUT2D eigenvalue weighted by molar-refractivity contribution is 6.05. The predicted octanol–water partition coefficient (Wildman–Crippen LogP) is 0.942. The van der Waals surface area contributed by atoms with Crippen molar-refractivity contribution in [2.45, 2.75) is 44.6 Å². The summed E-state index contributed by atoms with van der Waals surface area (Å²) in [5.41, 5.74) is 2.94. The molecule has 11 nitrogen and oxygen atoms in total. The van der Waals surface area contributed by atoms with Crippen molar-refractivity contribution in [2.24, 2.45) is 0 Å². The van der Waals surface area contributed by atoms with Gasteiger partial charge in [0.1, 0.15) is 6.04 Å². The summed E-state index contributed by atoms with van der Waals surface area (Å²) < 4.78 is 33.4. The van der Waals surface area contributed by atoms with E-state index in [2.05, 4.69) is 20.9 Å². The van der Waals surface area contributed by atoms with Gasteiger partial charge in [-0.1, -0.05) is 11.3 Å². The second-order valence-corrected chi connectivity index (χ2v) is 7.64. The number of alkyl halides is 3. The second-order valence-electron chi connectivity index (χ2n) is 7.64. The van der Waals surface area contributed by atoms with E-state index in [0.717, 1.165) is 16.9 Å². The van der Waals surface area contributed by atoms with Gasteiger partial charge in [0.15, 0.2) is 0 Å². The molecule has 2 aliphatic heterocycles. The maximum Gasteiger partial charge on any atom is 0.490 e. The largest absolute Gasteiger partial charge is 0.490 e. The molecule has 2 unspecified atom stereocenters. The van der Waals surface area contributed by atoms with Crippen molar-refractivity contribution in [3.8, 4) is 5.69 Å².